The standard InChI is InChI=1S/C17H23N3/c1-13-5-7-18-10-14(2)20(13)12-15-3-4-17-11-19-8-6-16(17)9-15/h3-4,6,8-9,11,13-14,18H,5,7,10,12H2,1-2H3/t13-,14-/m0/s1. The molecule has 0 bridgehead atoms. The molecule has 3 nitrogen and oxygen atoms in total. The summed E-state index contributed by atoms with van der Waals surface area (Å²) in [6.45, 7) is 7.91. The molecule has 1 fully saturated rings. The number of benzene rings is 1. The van der Waals surface area contributed by atoms with Gasteiger partial charge < -0.3 is 5.32 Å². The average molecular weight is 269 g/mol. The first-order chi connectivity index (χ1) is 9.74. The van der Waals surface area contributed by atoms with Crippen molar-refractivity contribution >= 4 is 10.8 Å². The van der Waals surface area contributed by atoms with Crippen molar-refractivity contribution in [3.8, 4) is 0 Å². The first-order valence-corrected chi connectivity index (χ1v) is 7.53. The molecule has 0 saturated carbocycles. The molecular formula is C17H23N3. The fourth-order valence-electron chi connectivity index (χ4n) is 3.09. The second-order valence-corrected chi connectivity index (χ2v) is 5.92. The van der Waals surface area contributed by atoms with Crippen LogP contribution in [0.5, 0.6) is 0 Å². The predicted octanol–water partition coefficient (Wildman–Crippen LogP) is 2.81. The van der Waals surface area contributed by atoms with Crippen LogP contribution < -0.4 is 5.32 Å². The highest BCUT2D eigenvalue weighted by molar-refractivity contribution is 5.81. The molecular weight excluding hydrogens is 246 g/mol. The van der Waals surface area contributed by atoms with E-state index in [1.807, 2.05) is 12.4 Å². The molecule has 2 atom stereocenters. The Morgan fingerprint density at radius 2 is 2.10 bits per heavy atom. The van der Waals surface area contributed by atoms with E-state index < -0.39 is 0 Å². The SMILES string of the molecule is C[C@H]1CCNC[C@H](C)N1Cc1ccc2cnccc2c1. The van der Waals surface area contributed by atoms with Crippen molar-refractivity contribution in [3.05, 3.63) is 42.2 Å². The lowest BCUT2D eigenvalue weighted by Crippen LogP contribution is -2.41. The van der Waals surface area contributed by atoms with Crippen LogP contribution in [0, 0.1) is 0 Å². The quantitative estimate of drug-likeness (QED) is 0.908. The monoisotopic (exact) mass is 269 g/mol. The van der Waals surface area contributed by atoms with Crippen molar-refractivity contribution in [2.24, 2.45) is 0 Å². The molecule has 1 aromatic heterocycles. The van der Waals surface area contributed by atoms with Crippen molar-refractivity contribution in [1.29, 1.82) is 0 Å². The van der Waals surface area contributed by atoms with Crippen LogP contribution in [-0.4, -0.2) is 35.1 Å². The van der Waals surface area contributed by atoms with E-state index in [-0.39, 0.29) is 0 Å². The van der Waals surface area contributed by atoms with Crippen molar-refractivity contribution in [2.75, 3.05) is 13.1 Å². The molecule has 0 amide bonds. The molecule has 106 valence electrons. The highest BCUT2D eigenvalue weighted by Crippen LogP contribution is 2.19. The van der Waals surface area contributed by atoms with Gasteiger partial charge in [0.25, 0.3) is 0 Å². The topological polar surface area (TPSA) is 28.2 Å². The molecule has 0 radical (unpaired) electrons. The highest BCUT2D eigenvalue weighted by atomic mass is 15.2. The molecule has 1 aliphatic rings. The van der Waals surface area contributed by atoms with Crippen LogP contribution in [0.2, 0.25) is 0 Å². The van der Waals surface area contributed by atoms with Crippen molar-refractivity contribution in [1.82, 2.24) is 15.2 Å². The Hall–Kier alpha value is -1.45. The van der Waals surface area contributed by atoms with Crippen LogP contribution in [0.25, 0.3) is 10.8 Å². The lowest BCUT2D eigenvalue weighted by molar-refractivity contribution is 0.154. The second kappa shape index (κ2) is 5.90. The Bertz CT molecular complexity index is 569. The number of hydrogen-bond acceptors (Lipinski definition) is 3. The lowest BCUT2D eigenvalue weighted by atomic mass is 10.1. The maximum atomic E-state index is 4.18. The smallest absolute Gasteiger partial charge is 0.0346 e. The molecule has 2 aromatic rings. The van der Waals surface area contributed by atoms with Gasteiger partial charge in [-0.25, -0.2) is 0 Å². The van der Waals surface area contributed by atoms with E-state index in [0.717, 1.165) is 19.6 Å². The number of nitrogens with zero attached hydrogens (tertiary/aromatic N) is 2. The molecule has 1 saturated heterocycles. The fraction of sp³-hybridized carbons (Fsp3) is 0.471. The zero-order valence-corrected chi connectivity index (χ0v) is 12.3. The Morgan fingerprint density at radius 1 is 1.20 bits per heavy atom. The third kappa shape index (κ3) is 2.84. The van der Waals surface area contributed by atoms with Gasteiger partial charge in [-0.15, -0.1) is 0 Å². The third-order valence-corrected chi connectivity index (χ3v) is 4.38. The molecule has 1 aliphatic heterocycles. The number of aromatic nitrogens is 1. The van der Waals surface area contributed by atoms with E-state index in [0.29, 0.717) is 12.1 Å². The van der Waals surface area contributed by atoms with Gasteiger partial charge in [-0.05, 0) is 49.9 Å². The first kappa shape index (κ1) is 13.5. The van der Waals surface area contributed by atoms with Crippen LogP contribution in [0.3, 0.4) is 0 Å². The summed E-state index contributed by atoms with van der Waals surface area (Å²) in [5.41, 5.74) is 1.39. The van der Waals surface area contributed by atoms with Gasteiger partial charge in [-0.3, -0.25) is 9.88 Å². The number of hydrogen-bond donors (Lipinski definition) is 1. The zero-order valence-electron chi connectivity index (χ0n) is 12.3. The van der Waals surface area contributed by atoms with Gasteiger partial charge in [0.05, 0.1) is 0 Å². The van der Waals surface area contributed by atoms with Gasteiger partial charge in [-0.2, -0.15) is 0 Å². The average Bonchev–Trinajstić information content (AvgIpc) is 2.62. The minimum Gasteiger partial charge on any atom is -0.315 e. The number of fused-ring (bicyclic) bond motifs is 1. The molecule has 2 heterocycles. The summed E-state index contributed by atoms with van der Waals surface area (Å²) >= 11 is 0. The third-order valence-electron chi connectivity index (χ3n) is 4.38. The number of rotatable bonds is 2. The second-order valence-electron chi connectivity index (χ2n) is 5.92. The van der Waals surface area contributed by atoms with Crippen molar-refractivity contribution in [3.63, 3.8) is 0 Å². The van der Waals surface area contributed by atoms with Gasteiger partial charge in [0.1, 0.15) is 0 Å². The molecule has 0 unspecified atom stereocenters. The van der Waals surface area contributed by atoms with Crippen LogP contribution in [0.1, 0.15) is 25.8 Å². The Labute approximate surface area is 121 Å². The molecule has 3 heteroatoms. The van der Waals surface area contributed by atoms with E-state index in [9.17, 15) is 0 Å². The van der Waals surface area contributed by atoms with Crippen molar-refractivity contribution < 1.29 is 0 Å². The lowest BCUT2D eigenvalue weighted by Gasteiger charge is -2.32. The van der Waals surface area contributed by atoms with E-state index in [4.69, 9.17) is 0 Å². The summed E-state index contributed by atoms with van der Waals surface area (Å²) in [4.78, 5) is 6.79. The summed E-state index contributed by atoms with van der Waals surface area (Å²) in [6, 6.07) is 10.0. The van der Waals surface area contributed by atoms with Crippen LogP contribution in [-0.2, 0) is 6.54 Å². The highest BCUT2D eigenvalue weighted by Gasteiger charge is 2.22. The van der Waals surface area contributed by atoms with Gasteiger partial charge >= 0.3 is 0 Å². The fourth-order valence-corrected chi connectivity index (χ4v) is 3.09. The van der Waals surface area contributed by atoms with Gasteiger partial charge in [0.2, 0.25) is 0 Å². The molecule has 0 spiro atoms. The summed E-state index contributed by atoms with van der Waals surface area (Å²) in [6.07, 6.45) is 5.02. The van der Waals surface area contributed by atoms with Crippen LogP contribution in [0.4, 0.5) is 0 Å². The molecule has 3 rings (SSSR count). The largest absolute Gasteiger partial charge is 0.315 e. The first-order valence-electron chi connectivity index (χ1n) is 7.53. The summed E-state index contributed by atoms with van der Waals surface area (Å²) in [5, 5.41) is 6.02. The predicted molar refractivity (Wildman–Crippen MR) is 83.7 cm³/mol. The molecule has 1 aromatic carbocycles. The number of nitrogens with one attached hydrogen (secondary N) is 1. The summed E-state index contributed by atoms with van der Waals surface area (Å²) in [7, 11) is 0. The Balaban J connectivity index is 1.83. The summed E-state index contributed by atoms with van der Waals surface area (Å²) < 4.78 is 0. The Morgan fingerprint density at radius 3 is 3.00 bits per heavy atom. The Kier molecular flexibility index (Phi) is 3.99. The van der Waals surface area contributed by atoms with E-state index in [2.05, 4.69) is 53.3 Å². The van der Waals surface area contributed by atoms with Crippen LogP contribution in [0.15, 0.2) is 36.7 Å². The molecule has 0 aliphatic carbocycles. The van der Waals surface area contributed by atoms with Crippen LogP contribution >= 0.6 is 0 Å². The zero-order chi connectivity index (χ0) is 13.9. The molecule has 20 heavy (non-hydrogen) atoms. The van der Waals surface area contributed by atoms with Gasteiger partial charge in [-0.1, -0.05) is 12.1 Å². The maximum absolute atomic E-state index is 4.18. The normalized spacial score (nSPS) is 24.7. The maximum Gasteiger partial charge on any atom is 0.0346 e. The molecule has 1 N–H and O–H groups in total. The van der Waals surface area contributed by atoms with Gasteiger partial charge in [0, 0.05) is 43.0 Å². The number of pyridine rings is 1. The summed E-state index contributed by atoms with van der Waals surface area (Å²) in [5.74, 6) is 0. The minimum atomic E-state index is 0.584. The van der Waals surface area contributed by atoms with Crippen molar-refractivity contribution in [2.45, 2.75) is 38.9 Å². The van der Waals surface area contributed by atoms with E-state index >= 15 is 0 Å². The van der Waals surface area contributed by atoms with E-state index in [1.54, 1.807) is 0 Å². The van der Waals surface area contributed by atoms with Gasteiger partial charge in [0.15, 0.2) is 0 Å². The minimum absolute atomic E-state index is 0.584. The van der Waals surface area contributed by atoms with E-state index in [1.165, 1.54) is 22.8 Å².